The molecule has 0 aliphatic carbocycles. The third kappa shape index (κ3) is 1.89. The van der Waals surface area contributed by atoms with Crippen molar-refractivity contribution in [3.63, 3.8) is 0 Å². The van der Waals surface area contributed by atoms with Gasteiger partial charge in [-0.2, -0.15) is 0 Å². The van der Waals surface area contributed by atoms with E-state index < -0.39 is 4.92 Å². The number of hydrogen-bond acceptors (Lipinski definition) is 3. The van der Waals surface area contributed by atoms with E-state index in [1.807, 2.05) is 0 Å². The molecule has 0 amide bonds. The molecule has 17 heavy (non-hydrogen) atoms. The zero-order valence-electron chi connectivity index (χ0n) is 9.35. The molecule has 0 N–H and O–H groups in total. The van der Waals surface area contributed by atoms with E-state index in [1.165, 1.54) is 12.1 Å². The highest BCUT2D eigenvalue weighted by Gasteiger charge is 2.23. The van der Waals surface area contributed by atoms with Crippen LogP contribution in [0.1, 0.15) is 5.69 Å². The van der Waals surface area contributed by atoms with Gasteiger partial charge in [0.05, 0.1) is 0 Å². The van der Waals surface area contributed by atoms with Crippen LogP contribution in [0.3, 0.4) is 0 Å². The fourth-order valence-corrected chi connectivity index (χ4v) is 1.60. The fourth-order valence-electron chi connectivity index (χ4n) is 1.60. The molecule has 0 saturated carbocycles. The molecular weight excluding hydrogens is 225 g/mol. The second kappa shape index (κ2) is 3.97. The molecule has 1 heterocycles. The minimum absolute atomic E-state index is 0.174. The summed E-state index contributed by atoms with van der Waals surface area (Å²) in [7, 11) is 1.69. The van der Waals surface area contributed by atoms with Crippen LogP contribution in [0.25, 0.3) is 11.4 Å². The molecule has 0 bridgehead atoms. The van der Waals surface area contributed by atoms with Crippen molar-refractivity contribution in [3.05, 3.63) is 45.9 Å². The highest BCUT2D eigenvalue weighted by molar-refractivity contribution is 5.58. The fraction of sp³-hybridized carbons (Fsp3) is 0.182. The summed E-state index contributed by atoms with van der Waals surface area (Å²) in [5, 5.41) is 10.7. The van der Waals surface area contributed by atoms with E-state index in [9.17, 15) is 14.5 Å². The van der Waals surface area contributed by atoms with Crippen LogP contribution in [-0.2, 0) is 7.05 Å². The zero-order valence-corrected chi connectivity index (χ0v) is 9.35. The molecule has 5 nitrogen and oxygen atoms in total. The van der Waals surface area contributed by atoms with Crippen LogP contribution in [-0.4, -0.2) is 14.5 Å². The van der Waals surface area contributed by atoms with E-state index in [0.717, 1.165) is 0 Å². The predicted molar refractivity (Wildman–Crippen MR) is 60.0 cm³/mol. The first-order chi connectivity index (χ1) is 8.00. The first kappa shape index (κ1) is 11.3. The summed E-state index contributed by atoms with van der Waals surface area (Å²) in [5.74, 6) is -0.0739. The normalized spacial score (nSPS) is 10.5. The van der Waals surface area contributed by atoms with Gasteiger partial charge < -0.3 is 14.7 Å². The Morgan fingerprint density at radius 3 is 2.41 bits per heavy atom. The van der Waals surface area contributed by atoms with Crippen molar-refractivity contribution in [1.29, 1.82) is 0 Å². The summed E-state index contributed by atoms with van der Waals surface area (Å²) in [6.45, 7) is 1.62. The number of rotatable bonds is 2. The second-order valence-electron chi connectivity index (χ2n) is 3.67. The third-order valence-electron chi connectivity index (χ3n) is 2.63. The summed E-state index contributed by atoms with van der Waals surface area (Å²) in [6, 6.07) is 5.68. The lowest BCUT2D eigenvalue weighted by Crippen LogP contribution is -1.95. The lowest BCUT2D eigenvalue weighted by atomic mass is 10.2. The molecule has 0 aliphatic heterocycles. The molecule has 0 fully saturated rings. The topological polar surface area (TPSA) is 61.0 Å². The van der Waals surface area contributed by atoms with Gasteiger partial charge in [-0.05, 0) is 41.1 Å². The van der Waals surface area contributed by atoms with Gasteiger partial charge in [0.15, 0.2) is 0 Å². The Bertz CT molecular complexity index is 575. The molecule has 0 spiro atoms. The molecule has 2 rings (SSSR count). The highest BCUT2D eigenvalue weighted by atomic mass is 19.1. The van der Waals surface area contributed by atoms with Crippen molar-refractivity contribution in [2.45, 2.75) is 6.92 Å². The zero-order chi connectivity index (χ0) is 12.6. The monoisotopic (exact) mass is 235 g/mol. The van der Waals surface area contributed by atoms with Gasteiger partial charge in [-0.3, -0.25) is 0 Å². The van der Waals surface area contributed by atoms with Crippen molar-refractivity contribution < 1.29 is 9.31 Å². The van der Waals surface area contributed by atoms with Crippen molar-refractivity contribution in [2.24, 2.45) is 7.05 Å². The average Bonchev–Trinajstić information content (AvgIpc) is 2.58. The lowest BCUT2D eigenvalue weighted by molar-refractivity contribution is -0.389. The standard InChI is InChI=1S/C11H10FN3O2/c1-7-10(15(16)17)13-11(14(7)2)8-3-5-9(12)6-4-8/h3-6H,1-2H3. The smallest absolute Gasteiger partial charge is 0.358 e. The van der Waals surface area contributed by atoms with Crippen LogP contribution in [0.15, 0.2) is 24.3 Å². The average molecular weight is 235 g/mol. The first-order valence-corrected chi connectivity index (χ1v) is 4.94. The number of nitro groups is 1. The van der Waals surface area contributed by atoms with Crippen molar-refractivity contribution in [1.82, 2.24) is 9.55 Å². The Morgan fingerprint density at radius 2 is 1.94 bits per heavy atom. The Kier molecular flexibility index (Phi) is 2.63. The van der Waals surface area contributed by atoms with E-state index >= 15 is 0 Å². The molecule has 2 aromatic rings. The molecule has 1 aromatic heterocycles. The summed E-state index contributed by atoms with van der Waals surface area (Å²) in [6.07, 6.45) is 0. The number of imidazole rings is 1. The van der Waals surface area contributed by atoms with E-state index in [-0.39, 0.29) is 11.6 Å². The highest BCUT2D eigenvalue weighted by Crippen LogP contribution is 2.25. The van der Waals surface area contributed by atoms with Crippen molar-refractivity contribution in [3.8, 4) is 11.4 Å². The van der Waals surface area contributed by atoms with Crippen LogP contribution in [0.5, 0.6) is 0 Å². The van der Waals surface area contributed by atoms with Crippen LogP contribution >= 0.6 is 0 Å². The number of halogens is 1. The Balaban J connectivity index is 2.56. The number of nitrogens with zero attached hydrogens (tertiary/aromatic N) is 3. The van der Waals surface area contributed by atoms with Gasteiger partial charge in [-0.15, -0.1) is 0 Å². The SMILES string of the molecule is Cc1c([N+](=O)[O-])nc(-c2ccc(F)cc2)n1C. The van der Waals surface area contributed by atoms with Gasteiger partial charge in [0, 0.05) is 12.6 Å². The van der Waals surface area contributed by atoms with Gasteiger partial charge in [0.25, 0.3) is 5.82 Å². The van der Waals surface area contributed by atoms with Crippen LogP contribution in [0.4, 0.5) is 10.2 Å². The third-order valence-corrected chi connectivity index (χ3v) is 2.63. The summed E-state index contributed by atoms with van der Waals surface area (Å²) in [5.41, 5.74) is 1.11. The van der Waals surface area contributed by atoms with Gasteiger partial charge in [0.2, 0.25) is 0 Å². The van der Waals surface area contributed by atoms with Crippen molar-refractivity contribution in [2.75, 3.05) is 0 Å². The Hall–Kier alpha value is -2.24. The van der Waals surface area contributed by atoms with E-state index in [4.69, 9.17) is 0 Å². The van der Waals surface area contributed by atoms with E-state index in [0.29, 0.717) is 17.1 Å². The molecule has 6 heteroatoms. The lowest BCUT2D eigenvalue weighted by Gasteiger charge is -1.98. The maximum atomic E-state index is 12.8. The summed E-state index contributed by atoms with van der Waals surface area (Å²) < 4.78 is 14.4. The maximum absolute atomic E-state index is 12.8. The second-order valence-corrected chi connectivity index (χ2v) is 3.67. The van der Waals surface area contributed by atoms with Gasteiger partial charge in [0.1, 0.15) is 11.5 Å². The molecule has 0 unspecified atom stereocenters. The number of benzene rings is 1. The molecule has 0 saturated heterocycles. The maximum Gasteiger partial charge on any atom is 0.385 e. The summed E-state index contributed by atoms with van der Waals surface area (Å²) in [4.78, 5) is 14.2. The van der Waals surface area contributed by atoms with Gasteiger partial charge >= 0.3 is 5.82 Å². The van der Waals surface area contributed by atoms with Crippen LogP contribution in [0.2, 0.25) is 0 Å². The van der Waals surface area contributed by atoms with Crippen molar-refractivity contribution >= 4 is 5.82 Å². The van der Waals surface area contributed by atoms with Crippen LogP contribution < -0.4 is 0 Å². The van der Waals surface area contributed by atoms with Gasteiger partial charge in [-0.1, -0.05) is 0 Å². The first-order valence-electron chi connectivity index (χ1n) is 4.94. The van der Waals surface area contributed by atoms with E-state index in [2.05, 4.69) is 4.98 Å². The largest absolute Gasteiger partial charge is 0.385 e. The Morgan fingerprint density at radius 1 is 1.35 bits per heavy atom. The molecule has 0 aliphatic rings. The van der Waals surface area contributed by atoms with E-state index in [1.54, 1.807) is 30.7 Å². The minimum atomic E-state index is -0.525. The summed E-state index contributed by atoms with van der Waals surface area (Å²) >= 11 is 0. The Labute approximate surface area is 96.7 Å². The molecule has 1 aromatic carbocycles. The van der Waals surface area contributed by atoms with Gasteiger partial charge in [-0.25, -0.2) is 4.39 Å². The number of aromatic nitrogens is 2. The minimum Gasteiger partial charge on any atom is -0.358 e. The predicted octanol–water partition coefficient (Wildman–Crippen LogP) is 2.44. The quantitative estimate of drug-likeness (QED) is 0.593. The number of hydrogen-bond donors (Lipinski definition) is 0. The molecule has 0 atom stereocenters. The molecular formula is C11H10FN3O2. The molecule has 0 radical (unpaired) electrons. The molecule has 88 valence electrons. The van der Waals surface area contributed by atoms with Crippen LogP contribution in [0, 0.1) is 22.9 Å².